The van der Waals surface area contributed by atoms with Gasteiger partial charge >= 0.3 is 0 Å². The van der Waals surface area contributed by atoms with Crippen molar-refractivity contribution in [3.8, 4) is 28.7 Å². The number of hydrogen-bond acceptors (Lipinski definition) is 5. The molecule has 0 aliphatic rings. The highest BCUT2D eigenvalue weighted by Gasteiger charge is 2.11. The van der Waals surface area contributed by atoms with Gasteiger partial charge < -0.3 is 18.9 Å². The van der Waals surface area contributed by atoms with Crippen LogP contribution in [0, 0.1) is 0 Å². The first-order chi connectivity index (χ1) is 14.3. The van der Waals surface area contributed by atoms with E-state index in [-0.39, 0.29) is 0 Å². The molecule has 0 spiro atoms. The summed E-state index contributed by atoms with van der Waals surface area (Å²) < 4.78 is 22.7. The molecule has 0 saturated heterocycles. The van der Waals surface area contributed by atoms with E-state index in [0.29, 0.717) is 29.6 Å². The molecule has 0 fully saturated rings. The predicted molar refractivity (Wildman–Crippen MR) is 112 cm³/mol. The van der Waals surface area contributed by atoms with Crippen LogP contribution in [-0.4, -0.2) is 19.2 Å². The lowest BCUT2D eigenvalue weighted by Gasteiger charge is -2.12. The van der Waals surface area contributed by atoms with Gasteiger partial charge in [0.25, 0.3) is 0 Å². The molecule has 5 heteroatoms. The van der Waals surface area contributed by atoms with Gasteiger partial charge in [0.05, 0.1) is 19.7 Å². The van der Waals surface area contributed by atoms with Gasteiger partial charge in [-0.1, -0.05) is 30.3 Å². The minimum absolute atomic E-state index is 0.525. The van der Waals surface area contributed by atoms with E-state index in [9.17, 15) is 0 Å². The van der Waals surface area contributed by atoms with Crippen molar-refractivity contribution in [3.05, 3.63) is 84.6 Å². The molecular formula is C24H21NO4. The predicted octanol–water partition coefficient (Wildman–Crippen LogP) is 5.62. The van der Waals surface area contributed by atoms with Crippen LogP contribution in [0.4, 0.5) is 0 Å². The monoisotopic (exact) mass is 387 g/mol. The van der Waals surface area contributed by atoms with Crippen LogP contribution in [0.2, 0.25) is 0 Å². The largest absolute Gasteiger partial charge is 0.493 e. The second-order valence-corrected chi connectivity index (χ2v) is 6.38. The van der Waals surface area contributed by atoms with Crippen molar-refractivity contribution >= 4 is 10.9 Å². The Kier molecular flexibility index (Phi) is 5.47. The first-order valence-electron chi connectivity index (χ1n) is 9.22. The van der Waals surface area contributed by atoms with Gasteiger partial charge in [0.15, 0.2) is 11.5 Å². The van der Waals surface area contributed by atoms with Crippen LogP contribution < -0.4 is 18.9 Å². The molecule has 0 N–H and O–H groups in total. The summed E-state index contributed by atoms with van der Waals surface area (Å²) in [7, 11) is 3.21. The molecule has 0 unspecified atom stereocenters. The van der Waals surface area contributed by atoms with Crippen LogP contribution in [0.15, 0.2) is 79.0 Å². The topological polar surface area (TPSA) is 49.8 Å². The summed E-state index contributed by atoms with van der Waals surface area (Å²) in [6, 6.07) is 23.1. The van der Waals surface area contributed by atoms with Crippen LogP contribution in [0.3, 0.4) is 0 Å². The van der Waals surface area contributed by atoms with E-state index in [4.69, 9.17) is 18.9 Å². The lowest BCUT2D eigenvalue weighted by Crippen LogP contribution is -1.95. The maximum absolute atomic E-state index is 6.09. The molecule has 146 valence electrons. The van der Waals surface area contributed by atoms with E-state index in [1.807, 2.05) is 72.8 Å². The van der Waals surface area contributed by atoms with Gasteiger partial charge in [-0.25, -0.2) is 0 Å². The lowest BCUT2D eigenvalue weighted by atomic mass is 10.2. The van der Waals surface area contributed by atoms with Gasteiger partial charge in [-0.05, 0) is 42.0 Å². The third kappa shape index (κ3) is 4.24. The summed E-state index contributed by atoms with van der Waals surface area (Å²) in [5, 5.41) is 0.842. The number of benzene rings is 3. The second-order valence-electron chi connectivity index (χ2n) is 6.38. The Labute approximate surface area is 169 Å². The Morgan fingerprint density at radius 3 is 2.14 bits per heavy atom. The van der Waals surface area contributed by atoms with Gasteiger partial charge in [-0.2, -0.15) is 0 Å². The number of pyridine rings is 1. The molecule has 0 bridgehead atoms. The molecule has 1 aromatic heterocycles. The fourth-order valence-corrected chi connectivity index (χ4v) is 3.01. The SMILES string of the molecule is COc1cc2nccc(Oc3ccc(OCc4ccccc4)cc3)c2cc1OC. The van der Waals surface area contributed by atoms with Crippen molar-refractivity contribution in [2.45, 2.75) is 6.61 Å². The molecule has 0 aliphatic heterocycles. The zero-order chi connectivity index (χ0) is 20.1. The van der Waals surface area contributed by atoms with E-state index >= 15 is 0 Å². The molecular weight excluding hydrogens is 366 g/mol. The van der Waals surface area contributed by atoms with Gasteiger partial charge in [-0.3, -0.25) is 4.98 Å². The Bertz CT molecular complexity index is 1100. The normalized spacial score (nSPS) is 10.6. The Morgan fingerprint density at radius 2 is 1.41 bits per heavy atom. The highest BCUT2D eigenvalue weighted by Crippen LogP contribution is 2.37. The number of rotatable bonds is 7. The van der Waals surface area contributed by atoms with E-state index < -0.39 is 0 Å². The van der Waals surface area contributed by atoms with Gasteiger partial charge in [0.1, 0.15) is 23.9 Å². The Balaban J connectivity index is 1.52. The van der Waals surface area contributed by atoms with E-state index in [1.165, 1.54) is 0 Å². The maximum atomic E-state index is 6.09. The summed E-state index contributed by atoms with van der Waals surface area (Å²) in [6.45, 7) is 0.525. The number of hydrogen-bond donors (Lipinski definition) is 0. The number of aromatic nitrogens is 1. The zero-order valence-corrected chi connectivity index (χ0v) is 16.3. The van der Waals surface area contributed by atoms with Crippen molar-refractivity contribution in [2.75, 3.05) is 14.2 Å². The standard InChI is InChI=1S/C24H21NO4/c1-26-23-14-20-21(15-24(23)27-2)25-13-12-22(20)29-19-10-8-18(9-11-19)28-16-17-6-4-3-5-7-17/h3-15H,16H2,1-2H3. The minimum Gasteiger partial charge on any atom is -0.493 e. The van der Waals surface area contributed by atoms with Crippen molar-refractivity contribution in [1.82, 2.24) is 4.98 Å². The van der Waals surface area contributed by atoms with E-state index in [0.717, 1.165) is 22.2 Å². The van der Waals surface area contributed by atoms with Crippen LogP contribution in [0.5, 0.6) is 28.7 Å². The summed E-state index contributed by atoms with van der Waals surface area (Å²) in [5.74, 6) is 3.44. The average Bonchev–Trinajstić information content (AvgIpc) is 2.78. The van der Waals surface area contributed by atoms with Gasteiger partial charge in [-0.15, -0.1) is 0 Å². The fourth-order valence-electron chi connectivity index (χ4n) is 3.01. The minimum atomic E-state index is 0.525. The van der Waals surface area contributed by atoms with Crippen molar-refractivity contribution in [1.29, 1.82) is 0 Å². The summed E-state index contributed by atoms with van der Waals surface area (Å²) >= 11 is 0. The molecule has 3 aromatic carbocycles. The van der Waals surface area contributed by atoms with Crippen molar-refractivity contribution < 1.29 is 18.9 Å². The van der Waals surface area contributed by atoms with E-state index in [1.54, 1.807) is 20.4 Å². The molecule has 29 heavy (non-hydrogen) atoms. The lowest BCUT2D eigenvalue weighted by molar-refractivity contribution is 0.306. The molecule has 4 aromatic rings. The molecule has 0 saturated carbocycles. The summed E-state index contributed by atoms with van der Waals surface area (Å²) in [6.07, 6.45) is 1.71. The van der Waals surface area contributed by atoms with Crippen LogP contribution in [0.1, 0.15) is 5.56 Å². The number of fused-ring (bicyclic) bond motifs is 1. The smallest absolute Gasteiger partial charge is 0.162 e. The third-order valence-electron chi connectivity index (χ3n) is 4.51. The first kappa shape index (κ1) is 18.6. The highest BCUT2D eigenvalue weighted by atomic mass is 16.5. The summed E-state index contributed by atoms with van der Waals surface area (Å²) in [4.78, 5) is 4.40. The molecule has 5 nitrogen and oxygen atoms in total. The average molecular weight is 387 g/mol. The van der Waals surface area contributed by atoms with Crippen molar-refractivity contribution in [2.24, 2.45) is 0 Å². The van der Waals surface area contributed by atoms with Crippen LogP contribution in [-0.2, 0) is 6.61 Å². The van der Waals surface area contributed by atoms with Crippen molar-refractivity contribution in [3.63, 3.8) is 0 Å². The maximum Gasteiger partial charge on any atom is 0.162 e. The van der Waals surface area contributed by atoms with Gasteiger partial charge in [0, 0.05) is 17.6 Å². The third-order valence-corrected chi connectivity index (χ3v) is 4.51. The molecule has 0 radical (unpaired) electrons. The van der Waals surface area contributed by atoms with E-state index in [2.05, 4.69) is 4.98 Å². The highest BCUT2D eigenvalue weighted by molar-refractivity contribution is 5.88. The zero-order valence-electron chi connectivity index (χ0n) is 16.3. The molecule has 1 heterocycles. The summed E-state index contributed by atoms with van der Waals surface area (Å²) in [5.41, 5.74) is 1.89. The van der Waals surface area contributed by atoms with Crippen LogP contribution in [0.25, 0.3) is 10.9 Å². The Hall–Kier alpha value is -3.73. The number of ether oxygens (including phenoxy) is 4. The quantitative estimate of drug-likeness (QED) is 0.412. The number of nitrogens with zero attached hydrogens (tertiary/aromatic N) is 1. The molecule has 0 aliphatic carbocycles. The molecule has 0 atom stereocenters. The number of methoxy groups -OCH3 is 2. The first-order valence-corrected chi connectivity index (χ1v) is 9.22. The molecule has 0 amide bonds. The molecule has 4 rings (SSSR count). The fraction of sp³-hybridized carbons (Fsp3) is 0.125. The Morgan fingerprint density at radius 1 is 0.724 bits per heavy atom. The second kappa shape index (κ2) is 8.52. The van der Waals surface area contributed by atoms with Gasteiger partial charge in [0.2, 0.25) is 0 Å². The van der Waals surface area contributed by atoms with Crippen LogP contribution >= 0.6 is 0 Å².